The van der Waals surface area contributed by atoms with Crippen molar-refractivity contribution in [2.24, 2.45) is 0 Å². The maximum atomic E-state index is 12.9. The van der Waals surface area contributed by atoms with Crippen LogP contribution in [0.5, 0.6) is 5.75 Å². The highest BCUT2D eigenvalue weighted by molar-refractivity contribution is 9.10. The van der Waals surface area contributed by atoms with Crippen LogP contribution in [0.15, 0.2) is 46.9 Å². The lowest BCUT2D eigenvalue weighted by molar-refractivity contribution is 0.0717. The molecule has 5 nitrogen and oxygen atoms in total. The maximum absolute atomic E-state index is 12.9. The highest BCUT2D eigenvalue weighted by atomic mass is 79.9. The third kappa shape index (κ3) is 4.45. The summed E-state index contributed by atoms with van der Waals surface area (Å²) in [5, 5.41) is 0.417. The van der Waals surface area contributed by atoms with Gasteiger partial charge in [-0.1, -0.05) is 39.7 Å². The van der Waals surface area contributed by atoms with E-state index in [2.05, 4.69) is 15.9 Å². The molecule has 0 saturated carbocycles. The summed E-state index contributed by atoms with van der Waals surface area (Å²) < 4.78 is 6.13. The van der Waals surface area contributed by atoms with Crippen molar-refractivity contribution in [3.63, 3.8) is 0 Å². The van der Waals surface area contributed by atoms with Crippen LogP contribution in [0.2, 0.25) is 5.02 Å². The molecule has 0 N–H and O–H groups in total. The van der Waals surface area contributed by atoms with Crippen LogP contribution < -0.4 is 4.74 Å². The predicted molar refractivity (Wildman–Crippen MR) is 109 cm³/mol. The molecule has 142 valence electrons. The van der Waals surface area contributed by atoms with Crippen LogP contribution in [0.3, 0.4) is 0 Å². The van der Waals surface area contributed by atoms with Gasteiger partial charge >= 0.3 is 0 Å². The van der Waals surface area contributed by atoms with Gasteiger partial charge in [0.05, 0.1) is 23.3 Å². The fourth-order valence-electron chi connectivity index (χ4n) is 3.15. The zero-order valence-corrected chi connectivity index (χ0v) is 17.3. The minimum absolute atomic E-state index is 0.0802. The van der Waals surface area contributed by atoms with E-state index in [1.165, 1.54) is 0 Å². The number of carbonyl (C=O) groups is 2. The van der Waals surface area contributed by atoms with E-state index in [4.69, 9.17) is 16.3 Å². The molecule has 0 spiro atoms. The van der Waals surface area contributed by atoms with Gasteiger partial charge in [-0.15, -0.1) is 0 Å². The number of methoxy groups -OCH3 is 1. The SMILES string of the molecule is COc1ccccc1C(=O)N1CCCN(C(=O)c2ccc(Br)cc2Cl)CC1. The van der Waals surface area contributed by atoms with Crippen LogP contribution in [0, 0.1) is 0 Å². The predicted octanol–water partition coefficient (Wildman–Crippen LogP) is 4.10. The van der Waals surface area contributed by atoms with Crippen LogP contribution in [0.4, 0.5) is 0 Å². The van der Waals surface area contributed by atoms with Crippen molar-refractivity contribution in [2.75, 3.05) is 33.3 Å². The monoisotopic (exact) mass is 450 g/mol. The fraction of sp³-hybridized carbons (Fsp3) is 0.300. The van der Waals surface area contributed by atoms with Gasteiger partial charge in [-0.2, -0.15) is 0 Å². The Morgan fingerprint density at radius 1 is 0.963 bits per heavy atom. The second kappa shape index (κ2) is 8.76. The number of hydrogen-bond acceptors (Lipinski definition) is 3. The summed E-state index contributed by atoms with van der Waals surface area (Å²) in [5.74, 6) is 0.365. The molecule has 1 fully saturated rings. The van der Waals surface area contributed by atoms with Gasteiger partial charge in [-0.25, -0.2) is 0 Å². The summed E-state index contributed by atoms with van der Waals surface area (Å²) in [7, 11) is 1.55. The summed E-state index contributed by atoms with van der Waals surface area (Å²) in [6.07, 6.45) is 0.709. The largest absolute Gasteiger partial charge is 0.496 e. The van der Waals surface area contributed by atoms with Crippen molar-refractivity contribution in [2.45, 2.75) is 6.42 Å². The summed E-state index contributed by atoms with van der Waals surface area (Å²) in [6.45, 7) is 2.11. The molecule has 1 saturated heterocycles. The van der Waals surface area contributed by atoms with E-state index < -0.39 is 0 Å². The van der Waals surface area contributed by atoms with Gasteiger partial charge in [0.1, 0.15) is 5.75 Å². The molecule has 2 amide bonds. The summed E-state index contributed by atoms with van der Waals surface area (Å²) in [4.78, 5) is 29.2. The first-order valence-corrected chi connectivity index (χ1v) is 9.85. The van der Waals surface area contributed by atoms with E-state index in [9.17, 15) is 9.59 Å². The molecule has 1 aliphatic heterocycles. The topological polar surface area (TPSA) is 49.9 Å². The average molecular weight is 452 g/mol. The van der Waals surface area contributed by atoms with Crippen LogP contribution in [0.1, 0.15) is 27.1 Å². The minimum atomic E-state index is -0.112. The van der Waals surface area contributed by atoms with Gasteiger partial charge in [0, 0.05) is 30.7 Å². The van der Waals surface area contributed by atoms with Gasteiger partial charge in [0.15, 0.2) is 0 Å². The summed E-state index contributed by atoms with van der Waals surface area (Å²) >= 11 is 9.57. The van der Waals surface area contributed by atoms with E-state index in [-0.39, 0.29) is 11.8 Å². The molecule has 2 aromatic carbocycles. The average Bonchev–Trinajstić information content (AvgIpc) is 2.93. The second-order valence-corrected chi connectivity index (χ2v) is 7.59. The number of rotatable bonds is 3. The number of amides is 2. The number of ether oxygens (including phenoxy) is 1. The number of para-hydroxylation sites is 1. The maximum Gasteiger partial charge on any atom is 0.257 e. The van der Waals surface area contributed by atoms with Gasteiger partial charge in [-0.05, 0) is 36.8 Å². The van der Waals surface area contributed by atoms with E-state index in [0.29, 0.717) is 54.5 Å². The van der Waals surface area contributed by atoms with Crippen LogP contribution in [0.25, 0.3) is 0 Å². The molecule has 0 unspecified atom stereocenters. The summed E-state index contributed by atoms with van der Waals surface area (Å²) in [6, 6.07) is 12.4. The zero-order valence-electron chi connectivity index (χ0n) is 15.0. The molecular weight excluding hydrogens is 432 g/mol. The minimum Gasteiger partial charge on any atom is -0.496 e. The molecule has 0 aromatic heterocycles. The molecule has 0 atom stereocenters. The highest BCUT2D eigenvalue weighted by Crippen LogP contribution is 2.24. The standard InChI is InChI=1S/C20H20BrClN2O3/c1-27-18-6-3-2-5-16(18)20(26)24-10-4-9-23(11-12-24)19(25)15-8-7-14(21)13-17(15)22/h2-3,5-8,13H,4,9-12H2,1H3. The van der Waals surface area contributed by atoms with Crippen molar-refractivity contribution in [1.29, 1.82) is 0 Å². The Morgan fingerprint density at radius 3 is 2.22 bits per heavy atom. The van der Waals surface area contributed by atoms with E-state index in [1.54, 1.807) is 47.2 Å². The molecular formula is C20H20BrClN2O3. The van der Waals surface area contributed by atoms with Gasteiger partial charge in [0.2, 0.25) is 0 Å². The Labute approximate surface area is 172 Å². The number of nitrogens with zero attached hydrogens (tertiary/aromatic N) is 2. The molecule has 3 rings (SSSR count). The molecule has 1 heterocycles. The number of halogens is 2. The lowest BCUT2D eigenvalue weighted by Gasteiger charge is -2.23. The molecule has 0 bridgehead atoms. The van der Waals surface area contributed by atoms with Crippen LogP contribution in [-0.2, 0) is 0 Å². The Bertz CT molecular complexity index is 859. The molecule has 0 radical (unpaired) electrons. The first-order chi connectivity index (χ1) is 13.0. The van der Waals surface area contributed by atoms with Gasteiger partial charge < -0.3 is 14.5 Å². The molecule has 1 aliphatic rings. The third-order valence-electron chi connectivity index (χ3n) is 4.57. The number of benzene rings is 2. The normalized spacial score (nSPS) is 14.6. The Morgan fingerprint density at radius 2 is 1.59 bits per heavy atom. The Balaban J connectivity index is 1.72. The quantitative estimate of drug-likeness (QED) is 0.706. The van der Waals surface area contributed by atoms with Crippen molar-refractivity contribution in [3.8, 4) is 5.75 Å². The number of hydrogen-bond donors (Lipinski definition) is 0. The molecule has 7 heteroatoms. The molecule has 2 aromatic rings. The van der Waals surface area contributed by atoms with Crippen molar-refractivity contribution < 1.29 is 14.3 Å². The van der Waals surface area contributed by atoms with Crippen LogP contribution in [-0.4, -0.2) is 54.9 Å². The van der Waals surface area contributed by atoms with E-state index in [0.717, 1.165) is 4.47 Å². The molecule has 27 heavy (non-hydrogen) atoms. The van der Waals surface area contributed by atoms with E-state index in [1.807, 2.05) is 12.1 Å². The lowest BCUT2D eigenvalue weighted by Crippen LogP contribution is -2.37. The van der Waals surface area contributed by atoms with Crippen molar-refractivity contribution >= 4 is 39.3 Å². The Kier molecular flexibility index (Phi) is 6.39. The fourth-order valence-corrected chi connectivity index (χ4v) is 3.90. The smallest absolute Gasteiger partial charge is 0.257 e. The van der Waals surface area contributed by atoms with Crippen molar-refractivity contribution in [1.82, 2.24) is 9.80 Å². The second-order valence-electron chi connectivity index (χ2n) is 6.26. The number of carbonyl (C=O) groups excluding carboxylic acids is 2. The Hall–Kier alpha value is -2.05. The van der Waals surface area contributed by atoms with Gasteiger partial charge in [0.25, 0.3) is 11.8 Å². The summed E-state index contributed by atoms with van der Waals surface area (Å²) in [5.41, 5.74) is 1.01. The molecule has 0 aliphatic carbocycles. The van der Waals surface area contributed by atoms with E-state index >= 15 is 0 Å². The van der Waals surface area contributed by atoms with Crippen molar-refractivity contribution in [3.05, 3.63) is 63.1 Å². The first-order valence-electron chi connectivity index (χ1n) is 8.68. The lowest BCUT2D eigenvalue weighted by atomic mass is 10.1. The third-order valence-corrected chi connectivity index (χ3v) is 5.38. The van der Waals surface area contributed by atoms with Crippen LogP contribution >= 0.6 is 27.5 Å². The highest BCUT2D eigenvalue weighted by Gasteiger charge is 2.25. The van der Waals surface area contributed by atoms with Gasteiger partial charge in [-0.3, -0.25) is 9.59 Å². The first kappa shape index (κ1) is 19.7. The zero-order chi connectivity index (χ0) is 19.4.